The number of nitrogen functional groups attached to an aromatic ring is 1. The molecule has 9 nitrogen and oxygen atoms in total. The van der Waals surface area contributed by atoms with Gasteiger partial charge in [0.1, 0.15) is 17.3 Å². The number of carbonyl (C=O) groups is 2. The Morgan fingerprint density at radius 2 is 1.79 bits per heavy atom. The second kappa shape index (κ2) is 9.98. The average Bonchev–Trinajstić information content (AvgIpc) is 2.71. The SMILES string of the molecule is CCOc1ccc(OCC(N)=O)c(C(Nc2ccc(C(=N)N)cc2)C(=O)OC)c1. The van der Waals surface area contributed by atoms with Gasteiger partial charge >= 0.3 is 5.97 Å². The van der Waals surface area contributed by atoms with Gasteiger partial charge in [-0.25, -0.2) is 4.79 Å². The number of esters is 1. The molecule has 154 valence electrons. The van der Waals surface area contributed by atoms with Crippen LogP contribution in [0, 0.1) is 5.41 Å². The van der Waals surface area contributed by atoms with Crippen molar-refractivity contribution < 1.29 is 23.8 Å². The molecular weight excluding hydrogens is 376 g/mol. The smallest absolute Gasteiger partial charge is 0.333 e. The summed E-state index contributed by atoms with van der Waals surface area (Å²) in [6, 6.07) is 10.6. The van der Waals surface area contributed by atoms with Crippen molar-refractivity contribution in [3.8, 4) is 11.5 Å². The molecule has 6 N–H and O–H groups in total. The lowest BCUT2D eigenvalue weighted by Gasteiger charge is -2.21. The van der Waals surface area contributed by atoms with Crippen LogP contribution in [0.1, 0.15) is 24.1 Å². The number of nitrogens with two attached hydrogens (primary N) is 2. The Hall–Kier alpha value is -3.75. The lowest BCUT2D eigenvalue weighted by molar-refractivity contribution is -0.141. The maximum atomic E-state index is 12.5. The zero-order valence-electron chi connectivity index (χ0n) is 16.2. The van der Waals surface area contributed by atoms with Crippen molar-refractivity contribution in [2.45, 2.75) is 13.0 Å². The van der Waals surface area contributed by atoms with Crippen LogP contribution in [0.25, 0.3) is 0 Å². The second-order valence-corrected chi connectivity index (χ2v) is 5.98. The summed E-state index contributed by atoms with van der Waals surface area (Å²) < 4.78 is 15.9. The van der Waals surface area contributed by atoms with Gasteiger partial charge in [0.2, 0.25) is 0 Å². The van der Waals surface area contributed by atoms with Crippen LogP contribution in [0.2, 0.25) is 0 Å². The number of amidine groups is 1. The van der Waals surface area contributed by atoms with Gasteiger partial charge in [-0.2, -0.15) is 0 Å². The molecule has 2 aromatic rings. The zero-order chi connectivity index (χ0) is 21.4. The highest BCUT2D eigenvalue weighted by molar-refractivity contribution is 5.95. The largest absolute Gasteiger partial charge is 0.494 e. The number of hydrogen-bond donors (Lipinski definition) is 4. The van der Waals surface area contributed by atoms with Crippen LogP contribution < -0.4 is 26.3 Å². The van der Waals surface area contributed by atoms with Gasteiger partial charge in [-0.1, -0.05) is 0 Å². The number of nitrogens with one attached hydrogen (secondary N) is 2. The topological polar surface area (TPSA) is 150 Å². The molecule has 29 heavy (non-hydrogen) atoms. The second-order valence-electron chi connectivity index (χ2n) is 5.98. The fraction of sp³-hybridized carbons (Fsp3) is 0.250. The molecule has 0 fully saturated rings. The molecule has 1 atom stereocenters. The number of anilines is 1. The molecule has 1 amide bonds. The predicted molar refractivity (Wildman–Crippen MR) is 108 cm³/mol. The summed E-state index contributed by atoms with van der Waals surface area (Å²) in [6.07, 6.45) is 0. The summed E-state index contributed by atoms with van der Waals surface area (Å²) >= 11 is 0. The lowest BCUT2D eigenvalue weighted by Crippen LogP contribution is -2.25. The van der Waals surface area contributed by atoms with Crippen LogP contribution in [0.5, 0.6) is 11.5 Å². The monoisotopic (exact) mass is 400 g/mol. The standard InChI is InChI=1S/C20H24N4O5/c1-3-28-14-8-9-16(29-11-17(21)25)15(10-14)18(20(26)27-2)24-13-6-4-12(5-7-13)19(22)23/h4-10,18,24H,3,11H2,1-2H3,(H2,21,25)(H3,22,23). The molecule has 2 aromatic carbocycles. The first-order valence-electron chi connectivity index (χ1n) is 8.82. The summed E-state index contributed by atoms with van der Waals surface area (Å²) in [6.45, 7) is 1.93. The zero-order valence-corrected chi connectivity index (χ0v) is 16.2. The molecule has 0 saturated heterocycles. The maximum absolute atomic E-state index is 12.5. The normalized spacial score (nSPS) is 11.2. The molecule has 1 unspecified atom stereocenters. The third kappa shape index (κ3) is 5.86. The molecule has 2 rings (SSSR count). The van der Waals surface area contributed by atoms with E-state index < -0.39 is 17.9 Å². The molecule has 0 aliphatic carbocycles. The summed E-state index contributed by atoms with van der Waals surface area (Å²) in [4.78, 5) is 23.7. The van der Waals surface area contributed by atoms with E-state index in [1.165, 1.54) is 7.11 Å². The van der Waals surface area contributed by atoms with Gasteiger partial charge in [0, 0.05) is 16.8 Å². The maximum Gasteiger partial charge on any atom is 0.333 e. The van der Waals surface area contributed by atoms with Crippen molar-refractivity contribution in [1.82, 2.24) is 0 Å². The Morgan fingerprint density at radius 1 is 1.10 bits per heavy atom. The first kappa shape index (κ1) is 21.5. The van der Waals surface area contributed by atoms with E-state index >= 15 is 0 Å². The predicted octanol–water partition coefficient (Wildman–Crippen LogP) is 1.56. The number of carbonyl (C=O) groups excluding carboxylic acids is 2. The molecule has 0 saturated carbocycles. The Balaban J connectivity index is 2.43. The summed E-state index contributed by atoms with van der Waals surface area (Å²) in [5, 5.41) is 10.5. The van der Waals surface area contributed by atoms with E-state index in [0.29, 0.717) is 29.2 Å². The van der Waals surface area contributed by atoms with Gasteiger partial charge in [-0.05, 0) is 49.4 Å². The van der Waals surface area contributed by atoms with Crippen molar-refractivity contribution in [3.05, 3.63) is 53.6 Å². The Bertz CT molecular complexity index is 883. The highest BCUT2D eigenvalue weighted by Crippen LogP contribution is 2.33. The summed E-state index contributed by atoms with van der Waals surface area (Å²) in [5.74, 6) is -0.467. The fourth-order valence-electron chi connectivity index (χ4n) is 2.58. The number of ether oxygens (including phenoxy) is 3. The highest BCUT2D eigenvalue weighted by Gasteiger charge is 2.26. The number of methoxy groups -OCH3 is 1. The van der Waals surface area contributed by atoms with E-state index in [4.69, 9.17) is 31.1 Å². The number of hydrogen-bond acceptors (Lipinski definition) is 7. The number of primary amides is 1. The van der Waals surface area contributed by atoms with Crippen LogP contribution in [-0.2, 0) is 14.3 Å². The van der Waals surface area contributed by atoms with Crippen molar-refractivity contribution >= 4 is 23.4 Å². The van der Waals surface area contributed by atoms with Gasteiger partial charge in [0.05, 0.1) is 13.7 Å². The Kier molecular flexibility index (Phi) is 7.41. The molecule has 9 heteroatoms. The first-order chi connectivity index (χ1) is 13.8. The summed E-state index contributed by atoms with van der Waals surface area (Å²) in [5.41, 5.74) is 12.2. The Morgan fingerprint density at radius 3 is 2.34 bits per heavy atom. The van der Waals surface area contributed by atoms with E-state index in [9.17, 15) is 9.59 Å². The van der Waals surface area contributed by atoms with Gasteiger partial charge in [0.15, 0.2) is 12.6 Å². The van der Waals surface area contributed by atoms with Crippen LogP contribution in [0.3, 0.4) is 0 Å². The molecule has 0 heterocycles. The van der Waals surface area contributed by atoms with Gasteiger partial charge in [-0.3, -0.25) is 10.2 Å². The molecule has 0 aliphatic rings. The minimum absolute atomic E-state index is 0.0624. The van der Waals surface area contributed by atoms with Gasteiger partial charge in [0.25, 0.3) is 5.91 Å². The highest BCUT2D eigenvalue weighted by atomic mass is 16.5. The minimum atomic E-state index is -0.952. The van der Waals surface area contributed by atoms with Crippen molar-refractivity contribution in [1.29, 1.82) is 5.41 Å². The van der Waals surface area contributed by atoms with Crippen molar-refractivity contribution in [2.24, 2.45) is 11.5 Å². The average molecular weight is 400 g/mol. The van der Waals surface area contributed by atoms with Crippen LogP contribution in [0.15, 0.2) is 42.5 Å². The van der Waals surface area contributed by atoms with Crippen LogP contribution >= 0.6 is 0 Å². The third-order valence-corrected chi connectivity index (χ3v) is 3.92. The van der Waals surface area contributed by atoms with Crippen molar-refractivity contribution in [2.75, 3.05) is 25.6 Å². The lowest BCUT2D eigenvalue weighted by atomic mass is 10.0. The Labute approximate surface area is 168 Å². The minimum Gasteiger partial charge on any atom is -0.494 e. The number of benzene rings is 2. The van der Waals surface area contributed by atoms with E-state index in [1.54, 1.807) is 42.5 Å². The quantitative estimate of drug-likeness (QED) is 0.268. The fourth-order valence-corrected chi connectivity index (χ4v) is 2.58. The molecule has 0 bridgehead atoms. The molecule has 0 aliphatic heterocycles. The first-order valence-corrected chi connectivity index (χ1v) is 8.82. The van der Waals surface area contributed by atoms with Crippen molar-refractivity contribution in [3.63, 3.8) is 0 Å². The van der Waals surface area contributed by atoms with Gasteiger partial charge < -0.3 is 31.0 Å². The molecule has 0 radical (unpaired) electrons. The van der Waals surface area contributed by atoms with E-state index in [-0.39, 0.29) is 18.2 Å². The summed E-state index contributed by atoms with van der Waals surface area (Å²) in [7, 11) is 1.27. The molecular formula is C20H24N4O5. The van der Waals surface area contributed by atoms with Gasteiger partial charge in [-0.15, -0.1) is 0 Å². The van der Waals surface area contributed by atoms with Crippen LogP contribution in [0.4, 0.5) is 5.69 Å². The molecule has 0 spiro atoms. The molecule has 0 aromatic heterocycles. The third-order valence-electron chi connectivity index (χ3n) is 3.92. The van der Waals surface area contributed by atoms with E-state index in [2.05, 4.69) is 5.32 Å². The number of amides is 1. The van der Waals surface area contributed by atoms with Crippen LogP contribution in [-0.4, -0.2) is 38.0 Å². The number of rotatable bonds is 10. The van der Waals surface area contributed by atoms with E-state index in [1.807, 2.05) is 6.92 Å². The van der Waals surface area contributed by atoms with E-state index in [0.717, 1.165) is 0 Å².